The van der Waals surface area contributed by atoms with Gasteiger partial charge in [0.25, 0.3) is 0 Å². The van der Waals surface area contributed by atoms with Crippen molar-refractivity contribution in [3.63, 3.8) is 0 Å². The van der Waals surface area contributed by atoms with Crippen LogP contribution >= 0.6 is 0 Å². The van der Waals surface area contributed by atoms with Gasteiger partial charge in [0.2, 0.25) is 15.9 Å². The number of sulfonamides is 1. The third-order valence-corrected chi connectivity index (χ3v) is 7.23. The van der Waals surface area contributed by atoms with Crippen LogP contribution in [0.3, 0.4) is 0 Å². The predicted molar refractivity (Wildman–Crippen MR) is 97.7 cm³/mol. The molecule has 1 aromatic rings. The van der Waals surface area contributed by atoms with Crippen molar-refractivity contribution in [3.05, 3.63) is 30.3 Å². The molecule has 0 aromatic heterocycles. The van der Waals surface area contributed by atoms with Crippen molar-refractivity contribution >= 4 is 31.5 Å². The Morgan fingerprint density at radius 2 is 1.88 bits per heavy atom. The Hall–Kier alpha value is -1.61. The summed E-state index contributed by atoms with van der Waals surface area (Å²) < 4.78 is 48.6. The van der Waals surface area contributed by atoms with E-state index in [1.165, 1.54) is 4.31 Å². The summed E-state index contributed by atoms with van der Waals surface area (Å²) in [5.74, 6) is -0.142. The summed E-state index contributed by atoms with van der Waals surface area (Å²) in [7, 11) is -6.60. The number of hydrogen-bond acceptors (Lipinski definition) is 5. The largest absolute Gasteiger partial charge is 0.339 e. The molecule has 1 amide bonds. The maximum absolute atomic E-state index is 12.5. The summed E-state index contributed by atoms with van der Waals surface area (Å²) in [6.45, 7) is 2.23. The second-order valence-corrected chi connectivity index (χ2v) is 10.3. The molecule has 0 N–H and O–H groups in total. The van der Waals surface area contributed by atoms with E-state index in [2.05, 4.69) is 0 Å². The van der Waals surface area contributed by atoms with Crippen molar-refractivity contribution in [2.45, 2.75) is 25.8 Å². The molecule has 1 heterocycles. The first-order valence-electron chi connectivity index (χ1n) is 8.16. The highest BCUT2D eigenvalue weighted by molar-refractivity contribution is 7.92. The van der Waals surface area contributed by atoms with Gasteiger partial charge in [-0.15, -0.1) is 0 Å². The van der Waals surface area contributed by atoms with Gasteiger partial charge in [0.1, 0.15) is 0 Å². The molecule has 9 heteroatoms. The zero-order valence-corrected chi connectivity index (χ0v) is 16.1. The summed E-state index contributed by atoms with van der Waals surface area (Å²) in [4.78, 5) is 14.1. The van der Waals surface area contributed by atoms with Crippen molar-refractivity contribution in [1.82, 2.24) is 4.90 Å². The molecule has 1 atom stereocenters. The van der Waals surface area contributed by atoms with Crippen LogP contribution in [0.25, 0.3) is 0 Å². The zero-order chi connectivity index (χ0) is 18.7. The average Bonchev–Trinajstić information content (AvgIpc) is 2.88. The van der Waals surface area contributed by atoms with Crippen molar-refractivity contribution in [1.29, 1.82) is 0 Å². The van der Waals surface area contributed by atoms with Gasteiger partial charge in [-0.2, -0.15) is 0 Å². The minimum atomic E-state index is -3.52. The fourth-order valence-electron chi connectivity index (χ4n) is 3.08. The van der Waals surface area contributed by atoms with Crippen molar-refractivity contribution in [3.8, 4) is 0 Å². The Bertz CT molecular complexity index is 806. The fraction of sp³-hybridized carbons (Fsp3) is 0.562. The van der Waals surface area contributed by atoms with Crippen LogP contribution in [-0.4, -0.2) is 64.5 Å². The van der Waals surface area contributed by atoms with Crippen LogP contribution in [0.2, 0.25) is 0 Å². The second kappa shape index (κ2) is 7.74. The third-order valence-electron chi connectivity index (χ3n) is 4.28. The van der Waals surface area contributed by atoms with E-state index >= 15 is 0 Å². The lowest BCUT2D eigenvalue weighted by Crippen LogP contribution is -2.43. The first kappa shape index (κ1) is 19.7. The monoisotopic (exact) mass is 388 g/mol. The lowest BCUT2D eigenvalue weighted by molar-refractivity contribution is -0.132. The van der Waals surface area contributed by atoms with E-state index < -0.39 is 19.9 Å². The molecular weight excluding hydrogens is 364 g/mol. The summed E-state index contributed by atoms with van der Waals surface area (Å²) in [5, 5.41) is 0. The normalized spacial score (nSPS) is 19.5. The lowest BCUT2D eigenvalue weighted by atomic mass is 10.2. The second-order valence-electron chi connectivity index (χ2n) is 6.16. The van der Waals surface area contributed by atoms with Gasteiger partial charge in [-0.25, -0.2) is 16.8 Å². The summed E-state index contributed by atoms with van der Waals surface area (Å²) in [5.41, 5.74) is 0.504. The Balaban J connectivity index is 2.08. The first-order valence-corrected chi connectivity index (χ1v) is 11.8. The van der Waals surface area contributed by atoms with E-state index in [0.717, 1.165) is 6.26 Å². The molecule has 1 fully saturated rings. The molecule has 2 rings (SSSR count). The van der Waals surface area contributed by atoms with E-state index in [9.17, 15) is 21.6 Å². The average molecular weight is 389 g/mol. The maximum Gasteiger partial charge on any atom is 0.232 e. The quantitative estimate of drug-likeness (QED) is 0.691. The van der Waals surface area contributed by atoms with Crippen molar-refractivity contribution < 1.29 is 21.6 Å². The number of anilines is 1. The van der Waals surface area contributed by atoms with E-state index in [0.29, 0.717) is 18.7 Å². The van der Waals surface area contributed by atoms with Crippen LogP contribution in [0.4, 0.5) is 5.69 Å². The smallest absolute Gasteiger partial charge is 0.232 e. The molecule has 140 valence electrons. The molecule has 1 aliphatic rings. The number of benzene rings is 1. The molecular formula is C16H24N2O5S2. The molecule has 1 unspecified atom stereocenters. The first-order chi connectivity index (χ1) is 11.6. The highest BCUT2D eigenvalue weighted by Gasteiger charge is 2.34. The molecule has 1 aliphatic heterocycles. The van der Waals surface area contributed by atoms with Crippen LogP contribution in [-0.2, 0) is 24.7 Å². The lowest BCUT2D eigenvalue weighted by Gasteiger charge is -2.28. The number of nitrogens with zero attached hydrogens (tertiary/aromatic N) is 2. The molecule has 0 spiro atoms. The molecule has 1 saturated heterocycles. The molecule has 0 radical (unpaired) electrons. The van der Waals surface area contributed by atoms with E-state index in [1.807, 2.05) is 0 Å². The standard InChI is InChI=1S/C16H24N2O5S2/c1-3-17(15-10-12-25(22,23)13-15)16(19)9-11-18(24(2,20)21)14-7-5-4-6-8-14/h4-8,15H,3,9-13H2,1-2H3. The van der Waals surface area contributed by atoms with Crippen LogP contribution in [0.1, 0.15) is 19.8 Å². The van der Waals surface area contributed by atoms with Gasteiger partial charge in [-0.3, -0.25) is 9.10 Å². The molecule has 25 heavy (non-hydrogen) atoms. The van der Waals surface area contributed by atoms with Gasteiger partial charge < -0.3 is 4.90 Å². The number of carbonyl (C=O) groups excluding carboxylic acids is 1. The maximum atomic E-state index is 12.5. The van der Waals surface area contributed by atoms with E-state index in [-0.39, 0.29) is 36.4 Å². The van der Waals surface area contributed by atoms with Gasteiger partial charge in [-0.05, 0) is 25.5 Å². The Morgan fingerprint density at radius 3 is 2.36 bits per heavy atom. The predicted octanol–water partition coefficient (Wildman–Crippen LogP) is 0.878. The van der Waals surface area contributed by atoms with Crippen LogP contribution in [0, 0.1) is 0 Å². The van der Waals surface area contributed by atoms with Crippen molar-refractivity contribution in [2.24, 2.45) is 0 Å². The van der Waals surface area contributed by atoms with Gasteiger partial charge in [0, 0.05) is 25.6 Å². The van der Waals surface area contributed by atoms with E-state index in [1.54, 1.807) is 42.2 Å². The fourth-order valence-corrected chi connectivity index (χ4v) is 5.74. The number of rotatable bonds is 7. The Labute approximate surface area is 149 Å². The summed E-state index contributed by atoms with van der Waals surface area (Å²) in [6.07, 6.45) is 1.55. The van der Waals surface area contributed by atoms with Gasteiger partial charge in [0.15, 0.2) is 9.84 Å². The van der Waals surface area contributed by atoms with Crippen LogP contribution < -0.4 is 4.31 Å². The third kappa shape index (κ3) is 5.18. The van der Waals surface area contributed by atoms with Gasteiger partial charge in [0.05, 0.1) is 23.4 Å². The number of carbonyl (C=O) groups is 1. The zero-order valence-electron chi connectivity index (χ0n) is 14.5. The highest BCUT2D eigenvalue weighted by atomic mass is 32.2. The minimum Gasteiger partial charge on any atom is -0.339 e. The molecule has 7 nitrogen and oxygen atoms in total. The SMILES string of the molecule is CCN(C(=O)CCN(c1ccccc1)S(C)(=O)=O)C1CCS(=O)(=O)C1. The van der Waals surface area contributed by atoms with Gasteiger partial charge in [-0.1, -0.05) is 18.2 Å². The van der Waals surface area contributed by atoms with Crippen molar-refractivity contribution in [2.75, 3.05) is 35.2 Å². The number of amides is 1. The molecule has 1 aromatic carbocycles. The number of sulfone groups is 1. The summed E-state index contributed by atoms with van der Waals surface area (Å²) >= 11 is 0. The highest BCUT2D eigenvalue weighted by Crippen LogP contribution is 2.20. The Morgan fingerprint density at radius 1 is 1.24 bits per heavy atom. The van der Waals surface area contributed by atoms with Crippen LogP contribution in [0.15, 0.2) is 30.3 Å². The Kier molecular flexibility index (Phi) is 6.10. The van der Waals surface area contributed by atoms with E-state index in [4.69, 9.17) is 0 Å². The minimum absolute atomic E-state index is 0.00630. The number of para-hydroxylation sites is 1. The topological polar surface area (TPSA) is 91.8 Å². The van der Waals surface area contributed by atoms with Gasteiger partial charge >= 0.3 is 0 Å². The molecule has 0 bridgehead atoms. The molecule has 0 aliphatic carbocycles. The molecule has 0 saturated carbocycles. The summed E-state index contributed by atoms with van der Waals surface area (Å²) in [6, 6.07) is 8.29. The number of hydrogen-bond donors (Lipinski definition) is 0. The van der Waals surface area contributed by atoms with Crippen LogP contribution in [0.5, 0.6) is 0 Å².